The van der Waals surface area contributed by atoms with Crippen LogP contribution < -0.4 is 0 Å². The quantitative estimate of drug-likeness (QED) is 0.788. The second-order valence-electron chi connectivity index (χ2n) is 6.26. The van der Waals surface area contributed by atoms with Crippen molar-refractivity contribution in [2.24, 2.45) is 5.92 Å². The number of aromatic nitrogens is 2. The third kappa shape index (κ3) is 4.02. The fourth-order valence-corrected chi connectivity index (χ4v) is 5.24. The molecule has 1 aromatic rings. The first-order valence-electron chi connectivity index (χ1n) is 7.91. The second kappa shape index (κ2) is 7.28. The van der Waals surface area contributed by atoms with E-state index in [1.165, 1.54) is 11.5 Å². The average molecular weight is 380 g/mol. The van der Waals surface area contributed by atoms with Gasteiger partial charge in [-0.15, -0.1) is 5.10 Å². The van der Waals surface area contributed by atoms with E-state index in [4.69, 9.17) is 11.6 Å². The van der Waals surface area contributed by atoms with E-state index in [1.54, 1.807) is 8.61 Å². The third-order valence-corrected chi connectivity index (χ3v) is 7.63. The molecular weight excluding hydrogens is 358 g/mol. The van der Waals surface area contributed by atoms with Gasteiger partial charge in [-0.1, -0.05) is 23.0 Å². The molecule has 7 nitrogen and oxygen atoms in total. The molecule has 2 aliphatic heterocycles. The highest BCUT2D eigenvalue weighted by Gasteiger charge is 2.34. The summed E-state index contributed by atoms with van der Waals surface area (Å²) in [4.78, 5) is 2.17. The largest absolute Gasteiger partial charge is 0.295 e. The Balaban J connectivity index is 1.55. The van der Waals surface area contributed by atoms with Crippen molar-refractivity contribution >= 4 is 33.3 Å². The molecule has 0 bridgehead atoms. The minimum atomic E-state index is -3.31. The van der Waals surface area contributed by atoms with E-state index in [1.807, 2.05) is 0 Å². The van der Waals surface area contributed by atoms with Gasteiger partial charge in [0.15, 0.2) is 0 Å². The van der Waals surface area contributed by atoms with Gasteiger partial charge in [-0.05, 0) is 18.8 Å². The summed E-state index contributed by atoms with van der Waals surface area (Å²) < 4.78 is 33.1. The second-order valence-corrected chi connectivity index (χ2v) is 9.54. The first-order valence-corrected chi connectivity index (χ1v) is 10.5. The van der Waals surface area contributed by atoms with Crippen LogP contribution in [0.25, 0.3) is 0 Å². The van der Waals surface area contributed by atoms with Gasteiger partial charge < -0.3 is 0 Å². The van der Waals surface area contributed by atoms with Crippen LogP contribution in [0.5, 0.6) is 0 Å². The molecule has 0 unspecified atom stereocenters. The van der Waals surface area contributed by atoms with Gasteiger partial charge in [-0.2, -0.15) is 17.0 Å². The van der Waals surface area contributed by atoms with E-state index in [-0.39, 0.29) is 0 Å². The molecule has 2 fully saturated rings. The van der Waals surface area contributed by atoms with E-state index < -0.39 is 10.2 Å². The van der Waals surface area contributed by atoms with Gasteiger partial charge in [-0.3, -0.25) is 4.90 Å². The lowest BCUT2D eigenvalue weighted by Gasteiger charge is -2.38. The average Bonchev–Trinajstić information content (AvgIpc) is 2.93. The van der Waals surface area contributed by atoms with Crippen molar-refractivity contribution in [2.75, 3.05) is 39.3 Å². The highest BCUT2D eigenvalue weighted by molar-refractivity contribution is 7.86. The zero-order valence-corrected chi connectivity index (χ0v) is 15.6. The summed E-state index contributed by atoms with van der Waals surface area (Å²) in [7, 11) is -3.31. The fourth-order valence-electron chi connectivity index (χ4n) is 3.00. The summed E-state index contributed by atoms with van der Waals surface area (Å²) in [5.74, 6) is 0.620. The fraction of sp³-hybridized carbons (Fsp3) is 0.846. The molecule has 0 atom stereocenters. The monoisotopic (exact) mass is 379 g/mol. The Morgan fingerprint density at radius 1 is 1.13 bits per heavy atom. The molecule has 2 saturated heterocycles. The molecule has 2 aliphatic rings. The van der Waals surface area contributed by atoms with Crippen LogP contribution in [0.1, 0.15) is 25.5 Å². The molecule has 0 radical (unpaired) electrons. The summed E-state index contributed by atoms with van der Waals surface area (Å²) in [6.07, 6.45) is 1.91. The molecule has 0 N–H and O–H groups in total. The summed E-state index contributed by atoms with van der Waals surface area (Å²) in [6.45, 7) is 6.51. The maximum Gasteiger partial charge on any atom is 0.282 e. The molecule has 0 spiro atoms. The molecule has 0 saturated carbocycles. The Morgan fingerprint density at radius 2 is 1.74 bits per heavy atom. The van der Waals surface area contributed by atoms with E-state index >= 15 is 0 Å². The number of piperazine rings is 1. The van der Waals surface area contributed by atoms with Crippen LogP contribution in [0.3, 0.4) is 0 Å². The standard InChI is InChI=1S/C13H22ClN5O2S2/c1-11-2-4-18(5-3-11)23(20,21)19-8-6-17(7-9-19)10-12-13(14)22-16-15-12/h11H,2-10H2,1H3. The molecule has 23 heavy (non-hydrogen) atoms. The van der Waals surface area contributed by atoms with Crippen LogP contribution in [0.15, 0.2) is 0 Å². The van der Waals surface area contributed by atoms with Crippen LogP contribution in [0.2, 0.25) is 4.34 Å². The SMILES string of the molecule is CC1CCN(S(=O)(=O)N2CCN(Cc3nnsc3Cl)CC2)CC1. The summed E-state index contributed by atoms with van der Waals surface area (Å²) in [6, 6.07) is 0. The topological polar surface area (TPSA) is 69.6 Å². The van der Waals surface area contributed by atoms with Gasteiger partial charge in [-0.25, -0.2) is 0 Å². The van der Waals surface area contributed by atoms with Crippen LogP contribution in [0, 0.1) is 5.92 Å². The van der Waals surface area contributed by atoms with E-state index in [0.29, 0.717) is 56.1 Å². The summed E-state index contributed by atoms with van der Waals surface area (Å²) >= 11 is 7.21. The predicted molar refractivity (Wildman–Crippen MR) is 90.7 cm³/mol. The lowest BCUT2D eigenvalue weighted by molar-refractivity contribution is 0.169. The Kier molecular flexibility index (Phi) is 5.54. The first-order chi connectivity index (χ1) is 11.0. The van der Waals surface area contributed by atoms with Gasteiger partial charge in [0.2, 0.25) is 0 Å². The van der Waals surface area contributed by atoms with Gasteiger partial charge in [0.05, 0.1) is 0 Å². The highest BCUT2D eigenvalue weighted by Crippen LogP contribution is 2.23. The molecule has 0 aliphatic carbocycles. The van der Waals surface area contributed by atoms with Gasteiger partial charge in [0, 0.05) is 57.3 Å². The molecule has 130 valence electrons. The van der Waals surface area contributed by atoms with Gasteiger partial charge in [0.1, 0.15) is 10.0 Å². The van der Waals surface area contributed by atoms with Crippen molar-refractivity contribution in [3.05, 3.63) is 10.0 Å². The van der Waals surface area contributed by atoms with Crippen LogP contribution in [0.4, 0.5) is 0 Å². The van der Waals surface area contributed by atoms with Crippen molar-refractivity contribution in [3.8, 4) is 0 Å². The summed E-state index contributed by atoms with van der Waals surface area (Å²) in [5.41, 5.74) is 0.776. The predicted octanol–water partition coefficient (Wildman–Crippen LogP) is 1.29. The van der Waals surface area contributed by atoms with Crippen LogP contribution in [-0.4, -0.2) is 70.8 Å². The number of hydrogen-bond donors (Lipinski definition) is 0. The molecule has 0 aromatic carbocycles. The van der Waals surface area contributed by atoms with Crippen molar-refractivity contribution in [1.29, 1.82) is 0 Å². The Morgan fingerprint density at radius 3 is 2.30 bits per heavy atom. The Labute approximate surface area is 146 Å². The number of piperidine rings is 1. The molecule has 3 heterocycles. The van der Waals surface area contributed by atoms with E-state index in [0.717, 1.165) is 18.5 Å². The lowest BCUT2D eigenvalue weighted by atomic mass is 10.0. The molecule has 3 rings (SSSR count). The number of halogens is 1. The number of nitrogens with zero attached hydrogens (tertiary/aromatic N) is 5. The first kappa shape index (κ1) is 17.5. The van der Waals surface area contributed by atoms with Crippen LogP contribution >= 0.6 is 23.1 Å². The molecule has 10 heteroatoms. The zero-order chi connectivity index (χ0) is 16.4. The smallest absolute Gasteiger partial charge is 0.282 e. The summed E-state index contributed by atoms with van der Waals surface area (Å²) in [5, 5.41) is 4.01. The number of hydrogen-bond acceptors (Lipinski definition) is 6. The van der Waals surface area contributed by atoms with Crippen molar-refractivity contribution in [3.63, 3.8) is 0 Å². The zero-order valence-electron chi connectivity index (χ0n) is 13.2. The van der Waals surface area contributed by atoms with Crippen LogP contribution in [-0.2, 0) is 16.8 Å². The molecule has 0 amide bonds. The Bertz CT molecular complexity index is 622. The minimum Gasteiger partial charge on any atom is -0.295 e. The normalized spacial score (nSPS) is 23.4. The van der Waals surface area contributed by atoms with Gasteiger partial charge >= 0.3 is 0 Å². The Hall–Kier alpha value is -0.320. The van der Waals surface area contributed by atoms with E-state index in [2.05, 4.69) is 21.4 Å². The maximum absolute atomic E-state index is 12.7. The minimum absolute atomic E-state index is 0.517. The van der Waals surface area contributed by atoms with Crippen molar-refractivity contribution in [2.45, 2.75) is 26.3 Å². The number of rotatable bonds is 4. The van der Waals surface area contributed by atoms with Gasteiger partial charge in [0.25, 0.3) is 10.2 Å². The van der Waals surface area contributed by atoms with Crippen molar-refractivity contribution < 1.29 is 8.42 Å². The molecular formula is C13H22ClN5O2S2. The lowest BCUT2D eigenvalue weighted by Crippen LogP contribution is -2.54. The maximum atomic E-state index is 12.7. The third-order valence-electron chi connectivity index (χ3n) is 4.61. The highest BCUT2D eigenvalue weighted by atomic mass is 35.5. The van der Waals surface area contributed by atoms with Crippen molar-refractivity contribution in [1.82, 2.24) is 23.1 Å². The van der Waals surface area contributed by atoms with E-state index in [9.17, 15) is 8.42 Å². The molecule has 1 aromatic heterocycles.